The summed E-state index contributed by atoms with van der Waals surface area (Å²) in [5.41, 5.74) is 9.52. The molecular formula is C18H23N. The predicted octanol–water partition coefficient (Wildman–Crippen LogP) is 4.84. The first kappa shape index (κ1) is 13.7. The molecule has 0 fully saturated rings. The predicted molar refractivity (Wildman–Crippen MR) is 83.9 cm³/mol. The van der Waals surface area contributed by atoms with E-state index < -0.39 is 0 Å². The van der Waals surface area contributed by atoms with Gasteiger partial charge in [0.25, 0.3) is 0 Å². The van der Waals surface area contributed by atoms with Crippen LogP contribution in [0.25, 0.3) is 0 Å². The molecule has 0 saturated carbocycles. The first-order valence-corrected chi connectivity index (χ1v) is 6.86. The Balaban J connectivity index is 2.28. The van der Waals surface area contributed by atoms with Crippen LogP contribution in [0.5, 0.6) is 0 Å². The summed E-state index contributed by atoms with van der Waals surface area (Å²) in [7, 11) is 0. The topological polar surface area (TPSA) is 12.0 Å². The Kier molecular flexibility index (Phi) is 3.94. The molecule has 0 saturated heterocycles. The number of para-hydroxylation sites is 1. The molecule has 0 heterocycles. The number of anilines is 1. The van der Waals surface area contributed by atoms with Crippen LogP contribution in [-0.2, 0) is 6.54 Å². The van der Waals surface area contributed by atoms with Crippen molar-refractivity contribution in [1.29, 1.82) is 0 Å². The number of nitrogens with one attached hydrogen (secondary N) is 1. The van der Waals surface area contributed by atoms with Crippen LogP contribution in [0.4, 0.5) is 5.69 Å². The van der Waals surface area contributed by atoms with Gasteiger partial charge < -0.3 is 5.32 Å². The van der Waals surface area contributed by atoms with Crippen molar-refractivity contribution < 1.29 is 0 Å². The second kappa shape index (κ2) is 5.48. The van der Waals surface area contributed by atoms with Gasteiger partial charge in [-0.05, 0) is 74.1 Å². The van der Waals surface area contributed by atoms with Crippen molar-refractivity contribution in [2.24, 2.45) is 0 Å². The summed E-state index contributed by atoms with van der Waals surface area (Å²) in [4.78, 5) is 0. The van der Waals surface area contributed by atoms with Gasteiger partial charge in [-0.15, -0.1) is 0 Å². The molecule has 2 aromatic rings. The third kappa shape index (κ3) is 2.81. The summed E-state index contributed by atoms with van der Waals surface area (Å²) >= 11 is 0. The van der Waals surface area contributed by atoms with Crippen molar-refractivity contribution in [3.63, 3.8) is 0 Å². The van der Waals surface area contributed by atoms with Gasteiger partial charge >= 0.3 is 0 Å². The lowest BCUT2D eigenvalue weighted by atomic mass is 9.94. The maximum absolute atomic E-state index is 3.57. The Bertz CT molecular complexity index is 571. The molecule has 1 nitrogen and oxygen atoms in total. The number of rotatable bonds is 3. The number of aryl methyl sites for hydroxylation is 3. The Hall–Kier alpha value is -1.76. The molecule has 0 aliphatic heterocycles. The molecule has 0 radical (unpaired) electrons. The zero-order valence-corrected chi connectivity index (χ0v) is 12.6. The molecule has 1 heteroatoms. The Morgan fingerprint density at radius 3 is 1.95 bits per heavy atom. The van der Waals surface area contributed by atoms with E-state index in [-0.39, 0.29) is 0 Å². The third-order valence-corrected chi connectivity index (χ3v) is 4.12. The van der Waals surface area contributed by atoms with Crippen molar-refractivity contribution in [1.82, 2.24) is 0 Å². The Morgan fingerprint density at radius 1 is 0.789 bits per heavy atom. The fourth-order valence-corrected chi connectivity index (χ4v) is 2.52. The molecule has 100 valence electrons. The van der Waals surface area contributed by atoms with Gasteiger partial charge in [-0.3, -0.25) is 0 Å². The van der Waals surface area contributed by atoms with Crippen LogP contribution in [0.15, 0.2) is 30.3 Å². The Morgan fingerprint density at radius 2 is 1.37 bits per heavy atom. The average molecular weight is 253 g/mol. The van der Waals surface area contributed by atoms with E-state index in [1.54, 1.807) is 0 Å². The van der Waals surface area contributed by atoms with E-state index in [0.717, 1.165) is 6.54 Å². The van der Waals surface area contributed by atoms with Gasteiger partial charge in [0.2, 0.25) is 0 Å². The van der Waals surface area contributed by atoms with Crippen LogP contribution in [0, 0.1) is 34.6 Å². The molecular weight excluding hydrogens is 230 g/mol. The van der Waals surface area contributed by atoms with Crippen LogP contribution in [0.3, 0.4) is 0 Å². The van der Waals surface area contributed by atoms with E-state index in [1.165, 1.54) is 39.1 Å². The minimum atomic E-state index is 0.894. The summed E-state index contributed by atoms with van der Waals surface area (Å²) < 4.78 is 0. The van der Waals surface area contributed by atoms with Crippen molar-refractivity contribution in [2.75, 3.05) is 5.32 Å². The standard InChI is InChI=1S/C18H23N/c1-12-8-6-7-9-18(12)19-11-17-15(4)13(2)10-14(3)16(17)5/h6-10,19H,11H2,1-5H3. The monoisotopic (exact) mass is 253 g/mol. The van der Waals surface area contributed by atoms with Gasteiger partial charge in [-0.2, -0.15) is 0 Å². The molecule has 0 unspecified atom stereocenters. The van der Waals surface area contributed by atoms with E-state index in [4.69, 9.17) is 0 Å². The number of hydrogen-bond acceptors (Lipinski definition) is 1. The fourth-order valence-electron chi connectivity index (χ4n) is 2.52. The number of benzene rings is 2. The molecule has 0 aliphatic carbocycles. The molecule has 0 atom stereocenters. The van der Waals surface area contributed by atoms with Crippen molar-refractivity contribution in [2.45, 2.75) is 41.2 Å². The first-order chi connectivity index (χ1) is 9.00. The average Bonchev–Trinajstić information content (AvgIpc) is 2.38. The van der Waals surface area contributed by atoms with Gasteiger partial charge in [0.15, 0.2) is 0 Å². The normalized spacial score (nSPS) is 10.6. The molecule has 1 N–H and O–H groups in total. The van der Waals surface area contributed by atoms with Gasteiger partial charge in [-0.25, -0.2) is 0 Å². The maximum atomic E-state index is 3.57. The third-order valence-electron chi connectivity index (χ3n) is 4.12. The molecule has 0 aromatic heterocycles. The summed E-state index contributed by atoms with van der Waals surface area (Å²) in [6.07, 6.45) is 0. The van der Waals surface area contributed by atoms with Crippen LogP contribution >= 0.6 is 0 Å². The lowest BCUT2D eigenvalue weighted by Crippen LogP contribution is -2.07. The fraction of sp³-hybridized carbons (Fsp3) is 0.333. The van der Waals surface area contributed by atoms with Crippen LogP contribution in [-0.4, -0.2) is 0 Å². The molecule has 0 spiro atoms. The molecule has 19 heavy (non-hydrogen) atoms. The molecule has 0 bridgehead atoms. The van der Waals surface area contributed by atoms with Crippen molar-refractivity contribution >= 4 is 5.69 Å². The second-order valence-corrected chi connectivity index (χ2v) is 5.41. The van der Waals surface area contributed by atoms with Crippen molar-refractivity contribution in [3.8, 4) is 0 Å². The minimum Gasteiger partial charge on any atom is -0.381 e. The quantitative estimate of drug-likeness (QED) is 0.825. The highest BCUT2D eigenvalue weighted by molar-refractivity contribution is 5.52. The lowest BCUT2D eigenvalue weighted by molar-refractivity contribution is 1.06. The first-order valence-electron chi connectivity index (χ1n) is 6.86. The molecule has 2 aromatic carbocycles. The smallest absolute Gasteiger partial charge is 0.0406 e. The second-order valence-electron chi connectivity index (χ2n) is 5.41. The summed E-state index contributed by atoms with van der Waals surface area (Å²) in [6, 6.07) is 10.7. The maximum Gasteiger partial charge on any atom is 0.0406 e. The zero-order chi connectivity index (χ0) is 14.0. The Labute approximate surface area is 116 Å². The van der Waals surface area contributed by atoms with Crippen LogP contribution in [0.1, 0.15) is 33.4 Å². The van der Waals surface area contributed by atoms with E-state index in [2.05, 4.69) is 70.3 Å². The van der Waals surface area contributed by atoms with E-state index in [1.807, 2.05) is 0 Å². The van der Waals surface area contributed by atoms with Gasteiger partial charge in [0, 0.05) is 12.2 Å². The number of hydrogen-bond donors (Lipinski definition) is 1. The molecule has 0 amide bonds. The zero-order valence-electron chi connectivity index (χ0n) is 12.6. The van der Waals surface area contributed by atoms with Gasteiger partial charge in [0.1, 0.15) is 0 Å². The highest BCUT2D eigenvalue weighted by Gasteiger charge is 2.08. The van der Waals surface area contributed by atoms with E-state index in [0.29, 0.717) is 0 Å². The van der Waals surface area contributed by atoms with E-state index >= 15 is 0 Å². The van der Waals surface area contributed by atoms with Crippen LogP contribution in [0.2, 0.25) is 0 Å². The minimum absolute atomic E-state index is 0.894. The largest absolute Gasteiger partial charge is 0.381 e. The summed E-state index contributed by atoms with van der Waals surface area (Å²) in [5.74, 6) is 0. The highest BCUT2D eigenvalue weighted by atomic mass is 14.9. The summed E-state index contributed by atoms with van der Waals surface area (Å²) in [6.45, 7) is 11.9. The summed E-state index contributed by atoms with van der Waals surface area (Å²) in [5, 5.41) is 3.57. The van der Waals surface area contributed by atoms with Crippen molar-refractivity contribution in [3.05, 3.63) is 63.7 Å². The SMILES string of the molecule is Cc1ccccc1NCc1c(C)c(C)cc(C)c1C. The van der Waals surface area contributed by atoms with Gasteiger partial charge in [-0.1, -0.05) is 24.3 Å². The van der Waals surface area contributed by atoms with E-state index in [9.17, 15) is 0 Å². The molecule has 0 aliphatic rings. The molecule has 2 rings (SSSR count). The van der Waals surface area contributed by atoms with Gasteiger partial charge in [0.05, 0.1) is 0 Å². The van der Waals surface area contributed by atoms with Crippen LogP contribution < -0.4 is 5.32 Å². The highest BCUT2D eigenvalue weighted by Crippen LogP contribution is 2.23. The lowest BCUT2D eigenvalue weighted by Gasteiger charge is -2.17.